The molecule has 8 heteroatoms. The molecule has 0 heterocycles. The number of rotatable bonds is 8. The van der Waals surface area contributed by atoms with E-state index in [0.29, 0.717) is 6.42 Å². The predicted octanol–water partition coefficient (Wildman–Crippen LogP) is -0.600. The minimum absolute atomic E-state index is 0. The fourth-order valence-corrected chi connectivity index (χ4v) is 1.23. The third-order valence-corrected chi connectivity index (χ3v) is 1.99. The minimum atomic E-state index is -4.64. The summed E-state index contributed by atoms with van der Waals surface area (Å²) in [6.07, 6.45) is 8.64. The van der Waals surface area contributed by atoms with E-state index in [9.17, 15) is 4.79 Å². The molecule has 0 bridgehead atoms. The molecule has 0 aliphatic heterocycles. The summed E-state index contributed by atoms with van der Waals surface area (Å²) in [5.41, 5.74) is 0. The average Bonchev–Trinajstić information content (AvgIpc) is 2.13. The first-order chi connectivity index (χ1) is 7.77. The van der Waals surface area contributed by atoms with Gasteiger partial charge in [0, 0.05) is 6.42 Å². The zero-order valence-corrected chi connectivity index (χ0v) is 14.1. The van der Waals surface area contributed by atoms with Crippen molar-refractivity contribution >= 4 is 13.8 Å². The molecule has 0 aromatic rings. The van der Waals surface area contributed by atoms with Crippen LogP contribution in [0, 0.1) is 0 Å². The maximum atomic E-state index is 10.1. The van der Waals surface area contributed by atoms with Crippen molar-refractivity contribution in [2.45, 2.75) is 58.3 Å². The van der Waals surface area contributed by atoms with Crippen LogP contribution in [0.15, 0.2) is 0 Å². The number of carboxylic acids is 1. The summed E-state index contributed by atoms with van der Waals surface area (Å²) in [5.74, 6) is -0.663. The summed E-state index contributed by atoms with van der Waals surface area (Å²) in [7, 11) is -4.64. The number of hydrogen-bond donors (Lipinski definition) is 4. The van der Waals surface area contributed by atoms with Crippen LogP contribution in [0.25, 0.3) is 0 Å². The predicted molar refractivity (Wildman–Crippen MR) is 65.6 cm³/mol. The van der Waals surface area contributed by atoms with Crippen LogP contribution in [0.5, 0.6) is 0 Å². The quantitative estimate of drug-likeness (QED) is 0.270. The largest absolute Gasteiger partial charge is 1.00 e. The van der Waals surface area contributed by atoms with Crippen LogP contribution < -0.4 is 29.6 Å². The molecule has 0 amide bonds. The zero-order valence-electron chi connectivity index (χ0n) is 12.2. The second-order valence-electron chi connectivity index (χ2n) is 3.78. The van der Waals surface area contributed by atoms with Gasteiger partial charge in [-0.2, -0.15) is 0 Å². The van der Waals surface area contributed by atoms with Crippen molar-refractivity contribution < 1.29 is 60.1 Å². The van der Waals surface area contributed by atoms with Gasteiger partial charge in [-0.1, -0.05) is 45.4 Å². The van der Waals surface area contributed by atoms with Gasteiger partial charge in [0.15, 0.2) is 0 Å². The monoisotopic (exact) mass is 294 g/mol. The Hall–Kier alpha value is 0.580. The van der Waals surface area contributed by atoms with Crippen LogP contribution in [0.4, 0.5) is 0 Å². The molecule has 106 valence electrons. The van der Waals surface area contributed by atoms with Gasteiger partial charge in [0.2, 0.25) is 0 Å². The minimum Gasteiger partial charge on any atom is -1.00 e. The summed E-state index contributed by atoms with van der Waals surface area (Å²) in [5, 5.41) is 8.35. The molecular formula is C10H24NaO6P. The standard InChI is InChI=1S/C10H20O2.Na.H3O4P.H/c1-2-3-4-5-6-7-8-9-10(11)12;;1-5(2,3)4;/h2-9H2,1H3,(H,11,12);;(H3,1,2,3,4);/q;+1;;-1. The topological polar surface area (TPSA) is 115 Å². The molecule has 0 rings (SSSR count). The third kappa shape index (κ3) is 43.9. The van der Waals surface area contributed by atoms with Gasteiger partial charge in [0.05, 0.1) is 0 Å². The van der Waals surface area contributed by atoms with Crippen LogP contribution >= 0.6 is 7.82 Å². The Morgan fingerprint density at radius 3 is 1.67 bits per heavy atom. The molecule has 0 radical (unpaired) electrons. The fraction of sp³-hybridized carbons (Fsp3) is 0.900. The number of unbranched alkanes of at least 4 members (excludes halogenated alkanes) is 6. The SMILES string of the molecule is CCCCCCCCCC(=O)O.O=P(O)(O)O.[H-].[Na+]. The first-order valence-corrected chi connectivity index (χ1v) is 7.34. The van der Waals surface area contributed by atoms with E-state index in [-0.39, 0.29) is 31.0 Å². The molecule has 0 aliphatic rings. The van der Waals surface area contributed by atoms with Crippen molar-refractivity contribution in [3.05, 3.63) is 0 Å². The second kappa shape index (κ2) is 15.6. The van der Waals surface area contributed by atoms with E-state index in [1.165, 1.54) is 32.1 Å². The number of hydrogen-bond acceptors (Lipinski definition) is 2. The number of aliphatic carboxylic acids is 1. The van der Waals surface area contributed by atoms with E-state index in [2.05, 4.69) is 6.92 Å². The molecule has 0 spiro atoms. The Morgan fingerprint density at radius 1 is 1.00 bits per heavy atom. The first-order valence-electron chi connectivity index (χ1n) is 5.77. The maximum absolute atomic E-state index is 10.1. The molecule has 0 aromatic heterocycles. The molecule has 0 saturated heterocycles. The van der Waals surface area contributed by atoms with Crippen LogP contribution in [0.2, 0.25) is 0 Å². The Kier molecular flexibility index (Phi) is 20.6. The Balaban J connectivity index is -0.000000139. The Labute approximate surface area is 132 Å². The molecule has 0 aromatic carbocycles. The molecule has 0 aliphatic carbocycles. The van der Waals surface area contributed by atoms with Crippen LogP contribution in [-0.2, 0) is 9.36 Å². The van der Waals surface area contributed by atoms with Crippen molar-refractivity contribution in [2.75, 3.05) is 0 Å². The van der Waals surface area contributed by atoms with E-state index in [4.69, 9.17) is 24.4 Å². The van der Waals surface area contributed by atoms with E-state index in [1.807, 2.05) is 0 Å². The van der Waals surface area contributed by atoms with E-state index in [0.717, 1.165) is 12.8 Å². The molecule has 18 heavy (non-hydrogen) atoms. The summed E-state index contributed by atoms with van der Waals surface area (Å²) >= 11 is 0. The Morgan fingerprint density at radius 2 is 1.33 bits per heavy atom. The molecule has 6 nitrogen and oxygen atoms in total. The number of phosphoric acid groups is 1. The molecule has 0 saturated carbocycles. The maximum Gasteiger partial charge on any atom is 1.00 e. The van der Waals surface area contributed by atoms with Gasteiger partial charge in [-0.05, 0) is 6.42 Å². The van der Waals surface area contributed by atoms with Crippen molar-refractivity contribution in [1.29, 1.82) is 0 Å². The van der Waals surface area contributed by atoms with Crippen LogP contribution in [0.1, 0.15) is 59.7 Å². The normalized spacial score (nSPS) is 10.0. The smallest absolute Gasteiger partial charge is 1.00 e. The zero-order chi connectivity index (χ0) is 13.7. The van der Waals surface area contributed by atoms with E-state index in [1.54, 1.807) is 0 Å². The first kappa shape index (κ1) is 23.7. The summed E-state index contributed by atoms with van der Waals surface area (Å²) < 4.78 is 8.88. The van der Waals surface area contributed by atoms with Crippen LogP contribution in [0.3, 0.4) is 0 Å². The molecule has 0 unspecified atom stereocenters. The average molecular weight is 294 g/mol. The van der Waals surface area contributed by atoms with Crippen molar-refractivity contribution in [2.24, 2.45) is 0 Å². The summed E-state index contributed by atoms with van der Waals surface area (Å²) in [4.78, 5) is 31.7. The molecular weight excluding hydrogens is 270 g/mol. The van der Waals surface area contributed by atoms with Crippen molar-refractivity contribution in [3.63, 3.8) is 0 Å². The summed E-state index contributed by atoms with van der Waals surface area (Å²) in [6.45, 7) is 2.20. The number of carbonyl (C=O) groups is 1. The van der Waals surface area contributed by atoms with Gasteiger partial charge in [0.1, 0.15) is 0 Å². The molecule has 4 N–H and O–H groups in total. The van der Waals surface area contributed by atoms with Gasteiger partial charge in [-0.25, -0.2) is 4.57 Å². The third-order valence-electron chi connectivity index (χ3n) is 1.99. The van der Waals surface area contributed by atoms with Gasteiger partial charge >= 0.3 is 43.3 Å². The van der Waals surface area contributed by atoms with Gasteiger partial charge in [0.25, 0.3) is 0 Å². The molecule has 0 fully saturated rings. The summed E-state index contributed by atoms with van der Waals surface area (Å²) in [6, 6.07) is 0. The Bertz CT molecular complexity index is 228. The fourth-order valence-electron chi connectivity index (χ4n) is 1.23. The van der Waals surface area contributed by atoms with E-state index >= 15 is 0 Å². The van der Waals surface area contributed by atoms with Gasteiger partial charge < -0.3 is 21.2 Å². The van der Waals surface area contributed by atoms with Crippen LogP contribution in [-0.4, -0.2) is 25.8 Å². The van der Waals surface area contributed by atoms with E-state index < -0.39 is 13.8 Å². The van der Waals surface area contributed by atoms with Crippen molar-refractivity contribution in [3.8, 4) is 0 Å². The van der Waals surface area contributed by atoms with Gasteiger partial charge in [-0.15, -0.1) is 0 Å². The number of carboxylic acid groups (broad SMARTS) is 1. The van der Waals surface area contributed by atoms with Gasteiger partial charge in [-0.3, -0.25) is 4.79 Å². The molecule has 0 atom stereocenters. The second-order valence-corrected chi connectivity index (χ2v) is 4.80. The van der Waals surface area contributed by atoms with Crippen molar-refractivity contribution in [1.82, 2.24) is 0 Å².